The summed E-state index contributed by atoms with van der Waals surface area (Å²) in [5, 5.41) is 18.4. The summed E-state index contributed by atoms with van der Waals surface area (Å²) in [5.74, 6) is -4.49. The number of aromatic nitrogens is 1. The molecule has 13 nitrogen and oxygen atoms in total. The molecule has 1 aromatic heterocycles. The second kappa shape index (κ2) is 11.9. The Hall–Kier alpha value is -3.99. The minimum Gasteiger partial charge on any atom is -0.484 e. The Morgan fingerprint density at radius 3 is 2.42 bits per heavy atom. The van der Waals surface area contributed by atoms with Crippen LogP contribution in [0.3, 0.4) is 0 Å². The third kappa shape index (κ3) is 5.34. The number of rotatable bonds is 9. The molecule has 3 heterocycles. The number of thioether (sulfide) groups is 1. The van der Waals surface area contributed by atoms with Crippen molar-refractivity contribution in [2.75, 3.05) is 11.9 Å². The van der Waals surface area contributed by atoms with Gasteiger partial charge >= 0.3 is 10.8 Å². The molecule has 2 aliphatic heterocycles. The highest BCUT2D eigenvalue weighted by Crippen LogP contribution is 2.68. The van der Waals surface area contributed by atoms with Crippen LogP contribution in [0.15, 0.2) is 63.2 Å². The number of carbonyl (C=O) groups excluding carboxylic acids is 3. The van der Waals surface area contributed by atoms with Crippen molar-refractivity contribution in [3.05, 3.63) is 68.6 Å². The third-order valence-corrected chi connectivity index (χ3v) is 13.5. The monoisotopic (exact) mass is 712 g/mol. The molecule has 16 heteroatoms. The topological polar surface area (TPSA) is 206 Å². The van der Waals surface area contributed by atoms with Crippen molar-refractivity contribution in [2.24, 2.45) is 40.6 Å². The van der Waals surface area contributed by atoms with Gasteiger partial charge in [-0.3, -0.25) is 24.1 Å². The van der Waals surface area contributed by atoms with E-state index in [0.717, 1.165) is 31.7 Å². The predicted octanol–water partition coefficient (Wildman–Crippen LogP) is 2.68. The van der Waals surface area contributed by atoms with Crippen molar-refractivity contribution in [3.63, 3.8) is 0 Å². The summed E-state index contributed by atoms with van der Waals surface area (Å²) in [5.41, 5.74) is 1.20. The number of nitrogens with two attached hydrogens (primary N) is 1. The minimum absolute atomic E-state index is 0.0750. The summed E-state index contributed by atoms with van der Waals surface area (Å²) in [6.07, 6.45) is 0.659. The van der Waals surface area contributed by atoms with Gasteiger partial charge in [-0.25, -0.2) is 18.4 Å². The molecule has 3 amide bonds. The molecule has 2 saturated carbocycles. The molecular formula is C32H32N4O9S3. The largest absolute Gasteiger partial charge is 0.484 e. The number of carboxylic acid groups (broad SMARTS) is 1. The number of nitrogens with one attached hydrogen (secondary N) is 2. The van der Waals surface area contributed by atoms with Gasteiger partial charge in [0, 0.05) is 21.7 Å². The van der Waals surface area contributed by atoms with Gasteiger partial charge in [-0.15, -0.1) is 11.8 Å². The van der Waals surface area contributed by atoms with E-state index in [4.69, 9.17) is 9.88 Å². The van der Waals surface area contributed by atoms with Crippen LogP contribution in [-0.4, -0.2) is 65.0 Å². The van der Waals surface area contributed by atoms with Gasteiger partial charge in [-0.2, -0.15) is 0 Å². The van der Waals surface area contributed by atoms with E-state index >= 15 is 0 Å². The number of amides is 3. The number of aliphatic carboxylic acids is 1. The van der Waals surface area contributed by atoms with Crippen LogP contribution in [0.4, 0.5) is 5.69 Å². The molecule has 3 aromatic rings. The first kappa shape index (κ1) is 32.6. The number of anilines is 1. The number of hydrogen-bond acceptors (Lipinski definition) is 10. The number of carbonyl (C=O) groups is 4. The van der Waals surface area contributed by atoms with Crippen LogP contribution in [0.5, 0.6) is 5.75 Å². The van der Waals surface area contributed by atoms with E-state index < -0.39 is 57.5 Å². The van der Waals surface area contributed by atoms with Crippen LogP contribution in [0.1, 0.15) is 36.6 Å². The lowest BCUT2D eigenvalue weighted by Gasteiger charge is -2.43. The van der Waals surface area contributed by atoms with Crippen molar-refractivity contribution in [1.29, 1.82) is 0 Å². The van der Waals surface area contributed by atoms with Crippen LogP contribution < -0.4 is 20.1 Å². The molecule has 0 spiro atoms. The summed E-state index contributed by atoms with van der Waals surface area (Å²) in [6, 6.07) is 11.4. The van der Waals surface area contributed by atoms with Gasteiger partial charge in [0.05, 0.1) is 21.8 Å². The van der Waals surface area contributed by atoms with E-state index in [9.17, 15) is 37.5 Å². The molecule has 7 unspecified atom stereocenters. The molecule has 5 N–H and O–H groups in total. The molecule has 252 valence electrons. The second-order valence-electron chi connectivity index (χ2n) is 13.0. The number of thiazole rings is 1. The standard InChI is InChI=1S/C32H32N4O9S3/c1-13(2)25(31(40)41)36-29(38)23-18-11-19(24(23)30(36)39)26-22(18)21(27-28(46-26)35-32(42)47-27)14-4-3-5-16(10-14)45-12-20(37)34-15-6-8-17(9-7-15)48(33,43)44/h3-10,13,18-19,21-26H,11-12H2,1-2H3,(H,34,37)(H,35,42)(H,40,41)(H2,33,43,44)/t18?,19?,21-,22?,23?,24?,25?,26?/m1/s1. The average molecular weight is 713 g/mol. The maximum atomic E-state index is 13.9. The Labute approximate surface area is 283 Å². The Kier molecular flexibility index (Phi) is 8.04. The fourth-order valence-corrected chi connectivity index (χ4v) is 11.7. The van der Waals surface area contributed by atoms with Gasteiger partial charge in [0.1, 0.15) is 11.8 Å². The van der Waals surface area contributed by atoms with Crippen molar-refractivity contribution in [2.45, 2.75) is 47.4 Å². The Balaban J connectivity index is 1.14. The molecular weight excluding hydrogens is 681 g/mol. The van der Waals surface area contributed by atoms with E-state index in [1.54, 1.807) is 26.0 Å². The summed E-state index contributed by atoms with van der Waals surface area (Å²) >= 11 is 2.65. The molecule has 2 aliphatic carbocycles. The molecule has 2 bridgehead atoms. The lowest BCUT2D eigenvalue weighted by molar-refractivity contribution is -0.157. The number of ether oxygens (including phenoxy) is 1. The first-order chi connectivity index (χ1) is 22.7. The molecule has 7 rings (SSSR count). The van der Waals surface area contributed by atoms with Gasteiger partial charge < -0.3 is 20.1 Å². The van der Waals surface area contributed by atoms with Crippen LogP contribution in [0.2, 0.25) is 0 Å². The molecule has 48 heavy (non-hydrogen) atoms. The first-order valence-corrected chi connectivity index (χ1v) is 18.6. The van der Waals surface area contributed by atoms with Crippen LogP contribution in [0, 0.1) is 35.5 Å². The molecule has 8 atom stereocenters. The SMILES string of the molecule is CC(C)C(C(=O)O)N1C(=O)C2C3CC(C2C1=O)C1C3Sc2[nH]c(=O)sc2[C@@H]1c1cccc(OCC(=O)Nc2ccc(S(N)(=O)=O)cc2)c1. The van der Waals surface area contributed by atoms with Gasteiger partial charge in [-0.05, 0) is 72.1 Å². The smallest absolute Gasteiger partial charge is 0.327 e. The van der Waals surface area contributed by atoms with E-state index in [2.05, 4.69) is 10.3 Å². The number of nitrogens with zero attached hydrogens (tertiary/aromatic N) is 1. The van der Waals surface area contributed by atoms with Crippen molar-refractivity contribution in [3.8, 4) is 5.75 Å². The highest BCUT2D eigenvalue weighted by Gasteiger charge is 2.70. The Bertz CT molecular complexity index is 2010. The summed E-state index contributed by atoms with van der Waals surface area (Å²) in [6.45, 7) is 3.04. The number of carboxylic acids is 1. The van der Waals surface area contributed by atoms with E-state index in [1.807, 2.05) is 12.1 Å². The summed E-state index contributed by atoms with van der Waals surface area (Å²) < 4.78 is 28.8. The zero-order valence-electron chi connectivity index (χ0n) is 25.7. The number of hydrogen-bond donors (Lipinski definition) is 4. The number of H-pyrrole nitrogens is 1. The molecule has 3 fully saturated rings. The maximum Gasteiger partial charge on any atom is 0.327 e. The maximum absolute atomic E-state index is 13.9. The average Bonchev–Trinajstić information content (AvgIpc) is 3.76. The van der Waals surface area contributed by atoms with Crippen molar-refractivity contribution in [1.82, 2.24) is 9.88 Å². The highest BCUT2D eigenvalue weighted by molar-refractivity contribution is 8.00. The van der Waals surface area contributed by atoms with Crippen molar-refractivity contribution < 1.29 is 37.4 Å². The quantitative estimate of drug-likeness (QED) is 0.239. The summed E-state index contributed by atoms with van der Waals surface area (Å²) in [7, 11) is -3.87. The number of fused-ring (bicyclic) bond motifs is 9. The minimum atomic E-state index is -3.87. The number of aromatic amines is 1. The number of sulfonamides is 1. The number of imide groups is 1. The fraction of sp³-hybridized carbons (Fsp3) is 0.406. The first-order valence-electron chi connectivity index (χ1n) is 15.4. The summed E-state index contributed by atoms with van der Waals surface area (Å²) in [4.78, 5) is 69.6. The number of likely N-dealkylation sites (tertiary alicyclic amines) is 1. The number of primary sulfonamides is 1. The van der Waals surface area contributed by atoms with Gasteiger partial charge in [0.25, 0.3) is 5.91 Å². The zero-order chi connectivity index (χ0) is 34.2. The van der Waals surface area contributed by atoms with Crippen LogP contribution in [0.25, 0.3) is 0 Å². The van der Waals surface area contributed by atoms with Crippen LogP contribution >= 0.6 is 23.1 Å². The molecule has 4 aliphatic rings. The van der Waals surface area contributed by atoms with Gasteiger partial charge in [-0.1, -0.05) is 37.3 Å². The lowest BCUT2D eigenvalue weighted by Crippen LogP contribution is -2.49. The Morgan fingerprint density at radius 1 is 1.08 bits per heavy atom. The Morgan fingerprint density at radius 2 is 1.77 bits per heavy atom. The van der Waals surface area contributed by atoms with Gasteiger partial charge in [0.15, 0.2) is 6.61 Å². The van der Waals surface area contributed by atoms with E-state index in [0.29, 0.717) is 17.9 Å². The predicted molar refractivity (Wildman–Crippen MR) is 175 cm³/mol. The van der Waals surface area contributed by atoms with Gasteiger partial charge in [0.2, 0.25) is 21.8 Å². The van der Waals surface area contributed by atoms with Crippen molar-refractivity contribution >= 4 is 62.5 Å². The molecule has 1 saturated heterocycles. The number of benzene rings is 2. The second-order valence-corrected chi connectivity index (χ2v) is 16.8. The zero-order valence-corrected chi connectivity index (χ0v) is 28.1. The normalized spacial score (nSPS) is 27.8. The lowest BCUT2D eigenvalue weighted by atomic mass is 9.68. The third-order valence-electron chi connectivity index (χ3n) is 9.97. The van der Waals surface area contributed by atoms with E-state index in [1.165, 1.54) is 36.0 Å². The highest BCUT2D eigenvalue weighted by atomic mass is 32.2. The van der Waals surface area contributed by atoms with E-state index in [-0.39, 0.29) is 45.3 Å². The molecule has 0 radical (unpaired) electrons. The molecule has 2 aromatic carbocycles. The van der Waals surface area contributed by atoms with Crippen LogP contribution in [-0.2, 0) is 29.2 Å². The fourth-order valence-electron chi connectivity index (χ4n) is 8.25.